The third kappa shape index (κ3) is 2.92. The molecule has 3 rings (SSSR count). The van der Waals surface area contributed by atoms with E-state index in [0.717, 1.165) is 41.9 Å². The topological polar surface area (TPSA) is 92.9 Å². The molecule has 1 aliphatic carbocycles. The highest BCUT2D eigenvalue weighted by Gasteiger charge is 2.26. The Morgan fingerprint density at radius 2 is 2.43 bits per heavy atom. The Hall–Kier alpha value is -1.51. The van der Waals surface area contributed by atoms with Crippen molar-refractivity contribution < 1.29 is 9.90 Å². The molecule has 0 fully saturated rings. The molecule has 2 heterocycles. The zero-order valence-corrected chi connectivity index (χ0v) is 12.7. The zero-order chi connectivity index (χ0) is 14.8. The Balaban J connectivity index is 1.77. The van der Waals surface area contributed by atoms with Gasteiger partial charge in [-0.2, -0.15) is 5.10 Å². The standard InChI is InChI=1S/C12H14ClN5O2S/c13-12-17-16-11(21-12)10(20)15-8-2-1-3-9-7(8)6-14-18(9)4-5-19/h6,8,19H,1-5H2,(H,15,20). The smallest absolute Gasteiger partial charge is 0.282 e. The molecular weight excluding hydrogens is 314 g/mol. The molecule has 0 bridgehead atoms. The van der Waals surface area contributed by atoms with Crippen LogP contribution in [0.25, 0.3) is 0 Å². The fourth-order valence-corrected chi connectivity index (χ4v) is 3.30. The number of aliphatic hydroxyl groups excluding tert-OH is 1. The number of rotatable bonds is 4. The van der Waals surface area contributed by atoms with Crippen LogP contribution in [0.1, 0.15) is 39.9 Å². The minimum atomic E-state index is -0.271. The van der Waals surface area contributed by atoms with E-state index >= 15 is 0 Å². The molecule has 0 spiro atoms. The number of carbonyl (C=O) groups excluding carboxylic acids is 1. The van der Waals surface area contributed by atoms with E-state index < -0.39 is 0 Å². The number of fused-ring (bicyclic) bond motifs is 1. The van der Waals surface area contributed by atoms with Gasteiger partial charge in [0.25, 0.3) is 5.91 Å². The van der Waals surface area contributed by atoms with Crippen LogP contribution >= 0.6 is 22.9 Å². The monoisotopic (exact) mass is 327 g/mol. The van der Waals surface area contributed by atoms with Crippen molar-refractivity contribution in [1.82, 2.24) is 25.3 Å². The number of carbonyl (C=O) groups is 1. The van der Waals surface area contributed by atoms with Crippen molar-refractivity contribution in [2.45, 2.75) is 31.8 Å². The first-order valence-electron chi connectivity index (χ1n) is 6.64. The summed E-state index contributed by atoms with van der Waals surface area (Å²) < 4.78 is 2.05. The number of nitrogens with zero attached hydrogens (tertiary/aromatic N) is 4. The Labute approximate surface area is 130 Å². The highest BCUT2D eigenvalue weighted by atomic mass is 35.5. The number of aromatic nitrogens is 4. The van der Waals surface area contributed by atoms with Gasteiger partial charge in [0.1, 0.15) is 0 Å². The van der Waals surface area contributed by atoms with Crippen LogP contribution in [0.2, 0.25) is 4.47 Å². The summed E-state index contributed by atoms with van der Waals surface area (Å²) in [5.41, 5.74) is 2.09. The molecule has 0 aromatic carbocycles. The molecule has 9 heteroatoms. The minimum absolute atomic E-state index is 0.0500. The van der Waals surface area contributed by atoms with Gasteiger partial charge in [-0.25, -0.2) is 0 Å². The van der Waals surface area contributed by atoms with E-state index in [4.69, 9.17) is 16.7 Å². The van der Waals surface area contributed by atoms with Gasteiger partial charge >= 0.3 is 0 Å². The van der Waals surface area contributed by atoms with Crippen LogP contribution < -0.4 is 5.32 Å². The van der Waals surface area contributed by atoms with E-state index in [1.807, 2.05) is 0 Å². The summed E-state index contributed by atoms with van der Waals surface area (Å²) in [6, 6.07) is -0.0867. The van der Waals surface area contributed by atoms with Gasteiger partial charge in [0.15, 0.2) is 0 Å². The Morgan fingerprint density at radius 1 is 1.57 bits per heavy atom. The number of aliphatic hydroxyl groups is 1. The highest BCUT2D eigenvalue weighted by molar-refractivity contribution is 7.17. The maximum Gasteiger partial charge on any atom is 0.282 e. The largest absolute Gasteiger partial charge is 0.394 e. The normalized spacial score (nSPS) is 17.5. The number of halogens is 1. The predicted molar refractivity (Wildman–Crippen MR) is 77.4 cm³/mol. The molecule has 2 aromatic heterocycles. The quantitative estimate of drug-likeness (QED) is 0.879. The molecule has 1 unspecified atom stereocenters. The molecule has 21 heavy (non-hydrogen) atoms. The highest BCUT2D eigenvalue weighted by Crippen LogP contribution is 2.30. The summed E-state index contributed by atoms with van der Waals surface area (Å²) in [5, 5.41) is 23.9. The summed E-state index contributed by atoms with van der Waals surface area (Å²) in [7, 11) is 0. The van der Waals surface area contributed by atoms with E-state index in [-0.39, 0.29) is 28.0 Å². The van der Waals surface area contributed by atoms with Crippen LogP contribution in [0.4, 0.5) is 0 Å². The predicted octanol–water partition coefficient (Wildman–Crippen LogP) is 1.19. The van der Waals surface area contributed by atoms with Crippen LogP contribution in [0.5, 0.6) is 0 Å². The lowest BCUT2D eigenvalue weighted by Crippen LogP contribution is -2.31. The van der Waals surface area contributed by atoms with Gasteiger partial charge in [0, 0.05) is 11.3 Å². The fourth-order valence-electron chi connectivity index (χ4n) is 2.57. The molecule has 1 atom stereocenters. The SMILES string of the molecule is O=C(NC1CCCc2c1cnn2CCO)c1nnc(Cl)s1. The van der Waals surface area contributed by atoms with Gasteiger partial charge in [-0.05, 0) is 30.9 Å². The maximum atomic E-state index is 12.1. The van der Waals surface area contributed by atoms with Crippen LogP contribution in [0.15, 0.2) is 6.20 Å². The van der Waals surface area contributed by atoms with Crippen molar-refractivity contribution in [3.05, 3.63) is 26.9 Å². The van der Waals surface area contributed by atoms with E-state index in [9.17, 15) is 4.79 Å². The lowest BCUT2D eigenvalue weighted by molar-refractivity contribution is 0.0931. The number of hydrogen-bond acceptors (Lipinski definition) is 6. The molecule has 0 radical (unpaired) electrons. The number of hydrogen-bond donors (Lipinski definition) is 2. The Morgan fingerprint density at radius 3 is 3.14 bits per heavy atom. The Kier molecular flexibility index (Phi) is 4.18. The third-order valence-electron chi connectivity index (χ3n) is 3.47. The molecule has 0 saturated carbocycles. The van der Waals surface area contributed by atoms with Crippen molar-refractivity contribution in [3.63, 3.8) is 0 Å². The van der Waals surface area contributed by atoms with Crippen molar-refractivity contribution in [2.75, 3.05) is 6.61 Å². The average Bonchev–Trinajstić information content (AvgIpc) is 3.07. The van der Waals surface area contributed by atoms with Crippen LogP contribution in [-0.4, -0.2) is 37.6 Å². The lowest BCUT2D eigenvalue weighted by Gasteiger charge is -2.23. The van der Waals surface area contributed by atoms with Gasteiger partial charge in [-0.1, -0.05) is 11.3 Å². The van der Waals surface area contributed by atoms with Crippen molar-refractivity contribution in [2.24, 2.45) is 0 Å². The molecule has 0 aliphatic heterocycles. The van der Waals surface area contributed by atoms with Gasteiger partial charge < -0.3 is 10.4 Å². The average molecular weight is 328 g/mol. The van der Waals surface area contributed by atoms with Crippen molar-refractivity contribution in [3.8, 4) is 0 Å². The minimum Gasteiger partial charge on any atom is -0.394 e. The lowest BCUT2D eigenvalue weighted by atomic mass is 9.93. The first kappa shape index (κ1) is 14.4. The van der Waals surface area contributed by atoms with Gasteiger partial charge in [-0.15, -0.1) is 10.2 Å². The molecule has 2 N–H and O–H groups in total. The van der Waals surface area contributed by atoms with E-state index in [1.54, 1.807) is 10.9 Å². The second-order valence-electron chi connectivity index (χ2n) is 4.77. The summed E-state index contributed by atoms with van der Waals surface area (Å²) in [6.07, 6.45) is 4.50. The van der Waals surface area contributed by atoms with Crippen molar-refractivity contribution >= 4 is 28.8 Å². The molecular formula is C12H14ClN5O2S. The Bertz CT molecular complexity index is 656. The van der Waals surface area contributed by atoms with Crippen molar-refractivity contribution in [1.29, 1.82) is 0 Å². The van der Waals surface area contributed by atoms with E-state index in [0.29, 0.717) is 6.54 Å². The maximum absolute atomic E-state index is 12.1. The second kappa shape index (κ2) is 6.08. The van der Waals surface area contributed by atoms with E-state index in [2.05, 4.69) is 20.6 Å². The molecule has 2 aromatic rings. The first-order chi connectivity index (χ1) is 10.2. The molecule has 1 amide bonds. The summed E-state index contributed by atoms with van der Waals surface area (Å²) >= 11 is 6.75. The van der Waals surface area contributed by atoms with Gasteiger partial charge in [0.2, 0.25) is 9.47 Å². The number of amides is 1. The molecule has 0 saturated heterocycles. The zero-order valence-electron chi connectivity index (χ0n) is 11.1. The first-order valence-corrected chi connectivity index (χ1v) is 7.84. The summed E-state index contributed by atoms with van der Waals surface area (Å²) in [5.74, 6) is -0.271. The van der Waals surface area contributed by atoms with Gasteiger partial charge in [0.05, 0.1) is 25.4 Å². The van der Waals surface area contributed by atoms with E-state index in [1.165, 1.54) is 0 Å². The van der Waals surface area contributed by atoms with Gasteiger partial charge in [-0.3, -0.25) is 9.48 Å². The second-order valence-corrected chi connectivity index (χ2v) is 6.33. The van der Waals surface area contributed by atoms with Crippen LogP contribution in [0.3, 0.4) is 0 Å². The molecule has 112 valence electrons. The van der Waals surface area contributed by atoms with Crippen LogP contribution in [-0.2, 0) is 13.0 Å². The fraction of sp³-hybridized carbons (Fsp3) is 0.500. The number of nitrogens with one attached hydrogen (secondary N) is 1. The van der Waals surface area contributed by atoms with Crippen LogP contribution in [0, 0.1) is 0 Å². The third-order valence-corrected chi connectivity index (χ3v) is 4.49. The molecule has 7 nitrogen and oxygen atoms in total. The summed E-state index contributed by atoms with van der Waals surface area (Å²) in [6.45, 7) is 0.524. The summed E-state index contributed by atoms with van der Waals surface area (Å²) in [4.78, 5) is 12.1. The molecule has 1 aliphatic rings.